The van der Waals surface area contributed by atoms with Gasteiger partial charge in [0.15, 0.2) is 0 Å². The summed E-state index contributed by atoms with van der Waals surface area (Å²) < 4.78 is 0. The number of nitrogens with zero attached hydrogens (tertiary/aromatic N) is 1. The predicted molar refractivity (Wildman–Crippen MR) is 70.8 cm³/mol. The molecule has 0 saturated carbocycles. The van der Waals surface area contributed by atoms with Crippen LogP contribution in [0, 0.1) is 6.92 Å². The number of rotatable bonds is 3. The predicted octanol–water partition coefficient (Wildman–Crippen LogP) is 2.84. The van der Waals surface area contributed by atoms with Crippen molar-refractivity contribution in [2.75, 3.05) is 7.05 Å². The van der Waals surface area contributed by atoms with Crippen molar-refractivity contribution in [1.29, 1.82) is 0 Å². The minimum atomic E-state index is -0.141. The topological polar surface area (TPSA) is 40.7 Å². The van der Waals surface area contributed by atoms with E-state index in [4.69, 9.17) is 4.98 Å². The number of aromatic nitrogens is 2. The quantitative estimate of drug-likeness (QED) is 0.849. The third-order valence-electron chi connectivity index (χ3n) is 3.15. The van der Waals surface area contributed by atoms with Gasteiger partial charge in [-0.15, -0.1) is 0 Å². The first-order valence-corrected chi connectivity index (χ1v) is 5.86. The Balaban J connectivity index is 2.45. The molecule has 0 atom stereocenters. The molecule has 0 fully saturated rings. The normalized spacial score (nSPS) is 11.8. The van der Waals surface area contributed by atoms with Crippen molar-refractivity contribution in [3.05, 3.63) is 41.9 Å². The monoisotopic (exact) mass is 229 g/mol. The molecule has 0 aliphatic rings. The Morgan fingerprint density at radius 3 is 2.41 bits per heavy atom. The highest BCUT2D eigenvalue weighted by atomic mass is 15.0. The Hall–Kier alpha value is -1.61. The minimum absolute atomic E-state index is 0.141. The van der Waals surface area contributed by atoms with Crippen LogP contribution in [-0.2, 0) is 5.54 Å². The van der Waals surface area contributed by atoms with Gasteiger partial charge < -0.3 is 10.3 Å². The number of nitrogens with one attached hydrogen (secondary N) is 2. The molecule has 3 nitrogen and oxygen atoms in total. The van der Waals surface area contributed by atoms with E-state index in [9.17, 15) is 0 Å². The molecule has 0 aliphatic carbocycles. The molecule has 2 rings (SSSR count). The van der Waals surface area contributed by atoms with Gasteiger partial charge in [-0.1, -0.05) is 30.3 Å². The molecular weight excluding hydrogens is 210 g/mol. The second-order valence-corrected chi connectivity index (χ2v) is 4.80. The van der Waals surface area contributed by atoms with Crippen LogP contribution >= 0.6 is 0 Å². The molecule has 0 unspecified atom stereocenters. The van der Waals surface area contributed by atoms with Gasteiger partial charge in [-0.05, 0) is 27.8 Å². The summed E-state index contributed by atoms with van der Waals surface area (Å²) >= 11 is 0. The molecule has 2 N–H and O–H groups in total. The van der Waals surface area contributed by atoms with Crippen LogP contribution < -0.4 is 5.32 Å². The zero-order valence-electron chi connectivity index (χ0n) is 10.8. The average molecular weight is 229 g/mol. The van der Waals surface area contributed by atoms with Crippen molar-refractivity contribution in [2.45, 2.75) is 26.3 Å². The van der Waals surface area contributed by atoms with Crippen LogP contribution in [0.2, 0.25) is 0 Å². The van der Waals surface area contributed by atoms with Gasteiger partial charge in [-0.2, -0.15) is 0 Å². The molecule has 0 amide bonds. The number of imidazole rings is 1. The molecule has 0 radical (unpaired) electrons. The van der Waals surface area contributed by atoms with Gasteiger partial charge in [0.05, 0.1) is 11.2 Å². The van der Waals surface area contributed by atoms with Gasteiger partial charge in [0.25, 0.3) is 0 Å². The van der Waals surface area contributed by atoms with Crippen molar-refractivity contribution in [1.82, 2.24) is 15.3 Å². The van der Waals surface area contributed by atoms with Crippen LogP contribution in [0.4, 0.5) is 0 Å². The highest BCUT2D eigenvalue weighted by Crippen LogP contribution is 2.25. The van der Waals surface area contributed by atoms with Crippen molar-refractivity contribution in [2.24, 2.45) is 0 Å². The SMILES string of the molecule is CNC(C)(C)c1nc(-c2ccccc2)c(C)[nH]1. The second kappa shape index (κ2) is 4.34. The van der Waals surface area contributed by atoms with E-state index < -0.39 is 0 Å². The third kappa shape index (κ3) is 2.24. The first-order valence-electron chi connectivity index (χ1n) is 5.86. The largest absolute Gasteiger partial charge is 0.344 e. The maximum atomic E-state index is 4.70. The molecule has 0 spiro atoms. The van der Waals surface area contributed by atoms with Crippen LogP contribution in [-0.4, -0.2) is 17.0 Å². The van der Waals surface area contributed by atoms with Crippen molar-refractivity contribution in [3.63, 3.8) is 0 Å². The van der Waals surface area contributed by atoms with E-state index >= 15 is 0 Å². The van der Waals surface area contributed by atoms with Gasteiger partial charge >= 0.3 is 0 Å². The Morgan fingerprint density at radius 2 is 1.82 bits per heavy atom. The lowest BCUT2D eigenvalue weighted by molar-refractivity contribution is 0.420. The van der Waals surface area contributed by atoms with Gasteiger partial charge in [0.2, 0.25) is 0 Å². The Morgan fingerprint density at radius 1 is 1.18 bits per heavy atom. The van der Waals surface area contributed by atoms with Gasteiger partial charge in [-0.3, -0.25) is 0 Å². The zero-order valence-corrected chi connectivity index (χ0v) is 10.8. The first kappa shape index (κ1) is 11.9. The van der Waals surface area contributed by atoms with Crippen molar-refractivity contribution >= 4 is 0 Å². The second-order valence-electron chi connectivity index (χ2n) is 4.80. The van der Waals surface area contributed by atoms with Gasteiger partial charge in [0, 0.05) is 11.3 Å². The third-order valence-corrected chi connectivity index (χ3v) is 3.15. The van der Waals surface area contributed by atoms with E-state index in [-0.39, 0.29) is 5.54 Å². The number of benzene rings is 1. The van der Waals surface area contributed by atoms with Gasteiger partial charge in [-0.25, -0.2) is 4.98 Å². The minimum Gasteiger partial charge on any atom is -0.344 e. The Bertz CT molecular complexity index is 497. The summed E-state index contributed by atoms with van der Waals surface area (Å²) in [6.45, 7) is 6.28. The summed E-state index contributed by atoms with van der Waals surface area (Å²) in [6.07, 6.45) is 0. The molecular formula is C14H19N3. The van der Waals surface area contributed by atoms with E-state index in [0.29, 0.717) is 0 Å². The lowest BCUT2D eigenvalue weighted by Crippen LogP contribution is -2.34. The van der Waals surface area contributed by atoms with E-state index in [1.54, 1.807) is 0 Å². The van der Waals surface area contributed by atoms with E-state index in [1.165, 1.54) is 0 Å². The lowest BCUT2D eigenvalue weighted by Gasteiger charge is -2.20. The summed E-state index contributed by atoms with van der Waals surface area (Å²) in [7, 11) is 1.94. The average Bonchev–Trinajstić information content (AvgIpc) is 2.73. The van der Waals surface area contributed by atoms with E-state index in [1.807, 2.05) is 25.2 Å². The standard InChI is InChI=1S/C14H19N3/c1-10-12(11-8-6-5-7-9-11)17-13(16-10)14(2,3)15-4/h5-9,15H,1-4H3,(H,16,17). The summed E-state index contributed by atoms with van der Waals surface area (Å²) in [5, 5.41) is 3.26. The highest BCUT2D eigenvalue weighted by Gasteiger charge is 2.23. The summed E-state index contributed by atoms with van der Waals surface area (Å²) in [5.41, 5.74) is 3.15. The number of hydrogen-bond acceptors (Lipinski definition) is 2. The summed E-state index contributed by atoms with van der Waals surface area (Å²) in [6, 6.07) is 10.3. The van der Waals surface area contributed by atoms with E-state index in [0.717, 1.165) is 22.8 Å². The molecule has 1 aromatic heterocycles. The first-order chi connectivity index (χ1) is 8.04. The molecule has 17 heavy (non-hydrogen) atoms. The van der Waals surface area contributed by atoms with Crippen molar-refractivity contribution < 1.29 is 0 Å². The van der Waals surface area contributed by atoms with Gasteiger partial charge in [0.1, 0.15) is 5.82 Å². The molecule has 1 aromatic carbocycles. The number of aryl methyl sites for hydroxylation is 1. The Labute approximate surface area is 102 Å². The fourth-order valence-electron chi connectivity index (χ4n) is 1.75. The maximum Gasteiger partial charge on any atom is 0.126 e. The van der Waals surface area contributed by atoms with Crippen LogP contribution in [0.15, 0.2) is 30.3 Å². The smallest absolute Gasteiger partial charge is 0.126 e. The van der Waals surface area contributed by atoms with Crippen LogP contribution in [0.1, 0.15) is 25.4 Å². The molecule has 2 aromatic rings. The number of H-pyrrole nitrogens is 1. The fourth-order valence-corrected chi connectivity index (χ4v) is 1.75. The molecule has 0 saturated heterocycles. The van der Waals surface area contributed by atoms with Crippen LogP contribution in [0.5, 0.6) is 0 Å². The summed E-state index contributed by atoms with van der Waals surface area (Å²) in [5.74, 6) is 0.969. The number of aromatic amines is 1. The van der Waals surface area contributed by atoms with Crippen LogP contribution in [0.3, 0.4) is 0 Å². The summed E-state index contributed by atoms with van der Waals surface area (Å²) in [4.78, 5) is 8.07. The molecule has 1 heterocycles. The maximum absolute atomic E-state index is 4.70. The van der Waals surface area contributed by atoms with Crippen molar-refractivity contribution in [3.8, 4) is 11.3 Å². The molecule has 0 bridgehead atoms. The fraction of sp³-hybridized carbons (Fsp3) is 0.357. The molecule has 0 aliphatic heterocycles. The van der Waals surface area contributed by atoms with E-state index in [2.05, 4.69) is 43.2 Å². The Kier molecular flexibility index (Phi) is 3.03. The zero-order chi connectivity index (χ0) is 12.5. The molecule has 90 valence electrons. The molecule has 3 heteroatoms. The number of hydrogen-bond donors (Lipinski definition) is 2. The highest BCUT2D eigenvalue weighted by molar-refractivity contribution is 5.61. The van der Waals surface area contributed by atoms with Crippen LogP contribution in [0.25, 0.3) is 11.3 Å². The lowest BCUT2D eigenvalue weighted by atomic mass is 10.1.